The highest BCUT2D eigenvalue weighted by Gasteiger charge is 2.23. The van der Waals surface area contributed by atoms with Gasteiger partial charge in [0.1, 0.15) is 22.3 Å². The molecular weight excluding hydrogens is 302 g/mol. The molecule has 0 aliphatic rings. The molecule has 2 heterocycles. The van der Waals surface area contributed by atoms with Crippen molar-refractivity contribution in [3.8, 4) is 0 Å². The van der Waals surface area contributed by atoms with Crippen molar-refractivity contribution in [2.45, 2.75) is 26.4 Å². The van der Waals surface area contributed by atoms with Crippen molar-refractivity contribution in [1.29, 1.82) is 0 Å². The number of hydrogen-bond donors (Lipinski definition) is 1. The second-order valence-corrected chi connectivity index (χ2v) is 5.39. The first-order valence-electron chi connectivity index (χ1n) is 5.17. The molecule has 0 spiro atoms. The van der Waals surface area contributed by atoms with E-state index in [0.717, 1.165) is 4.68 Å². The lowest BCUT2D eigenvalue weighted by molar-refractivity contribution is 0.0521. The Morgan fingerprint density at radius 1 is 1.44 bits per heavy atom. The molecule has 2 N–H and O–H groups in total. The summed E-state index contributed by atoms with van der Waals surface area (Å²) in [5, 5.41) is 4.50. The number of carbonyl (C=O) groups is 1. The van der Waals surface area contributed by atoms with Gasteiger partial charge >= 0.3 is 6.09 Å². The monoisotopic (exact) mass is 313 g/mol. The summed E-state index contributed by atoms with van der Waals surface area (Å²) >= 11 is 3.22. The molecule has 0 atom stereocenters. The zero-order valence-corrected chi connectivity index (χ0v) is 11.7. The molecule has 0 saturated heterocycles. The zero-order valence-electron chi connectivity index (χ0n) is 10.1. The van der Waals surface area contributed by atoms with Crippen molar-refractivity contribution >= 4 is 38.9 Å². The van der Waals surface area contributed by atoms with Crippen LogP contribution in [0.1, 0.15) is 20.8 Å². The summed E-state index contributed by atoms with van der Waals surface area (Å²) < 4.78 is 6.69. The summed E-state index contributed by atoms with van der Waals surface area (Å²) in [7, 11) is 0. The van der Waals surface area contributed by atoms with Crippen molar-refractivity contribution < 1.29 is 9.53 Å². The molecule has 7 nitrogen and oxygen atoms in total. The Morgan fingerprint density at radius 2 is 2.11 bits per heavy atom. The van der Waals surface area contributed by atoms with Crippen molar-refractivity contribution in [3.05, 3.63) is 10.9 Å². The Morgan fingerprint density at radius 3 is 2.72 bits per heavy atom. The number of aromatic nitrogens is 4. The van der Waals surface area contributed by atoms with Gasteiger partial charge in [0.2, 0.25) is 0 Å². The third-order valence-corrected chi connectivity index (χ3v) is 2.57. The highest BCUT2D eigenvalue weighted by molar-refractivity contribution is 9.10. The van der Waals surface area contributed by atoms with Gasteiger partial charge in [-0.25, -0.2) is 14.8 Å². The molecule has 0 aromatic carbocycles. The smallest absolute Gasteiger partial charge is 0.437 e. The van der Waals surface area contributed by atoms with E-state index in [1.807, 2.05) is 0 Å². The summed E-state index contributed by atoms with van der Waals surface area (Å²) in [6.45, 7) is 5.32. The van der Waals surface area contributed by atoms with Gasteiger partial charge in [0.15, 0.2) is 5.65 Å². The fourth-order valence-corrected chi connectivity index (χ4v) is 1.90. The maximum absolute atomic E-state index is 12.0. The molecule has 2 rings (SSSR count). The minimum atomic E-state index is -0.615. The maximum Gasteiger partial charge on any atom is 0.437 e. The predicted octanol–water partition coefficient (Wildman–Crippen LogP) is 1.95. The van der Waals surface area contributed by atoms with Crippen molar-refractivity contribution in [3.63, 3.8) is 0 Å². The SMILES string of the molecule is CC(C)(C)OC(=O)n1nc(Br)c2c(N)ncnc21. The van der Waals surface area contributed by atoms with Gasteiger partial charge in [-0.2, -0.15) is 5.10 Å². The lowest BCUT2D eigenvalue weighted by atomic mass is 10.2. The van der Waals surface area contributed by atoms with E-state index < -0.39 is 11.7 Å². The van der Waals surface area contributed by atoms with Crippen LogP contribution in [0.25, 0.3) is 11.0 Å². The number of ether oxygens (including phenoxy) is 1. The highest BCUT2D eigenvalue weighted by atomic mass is 79.9. The molecule has 0 aliphatic heterocycles. The van der Waals surface area contributed by atoms with E-state index in [1.54, 1.807) is 20.8 Å². The van der Waals surface area contributed by atoms with Gasteiger partial charge in [-0.1, -0.05) is 0 Å². The van der Waals surface area contributed by atoms with Crippen LogP contribution in [0.5, 0.6) is 0 Å². The van der Waals surface area contributed by atoms with Gasteiger partial charge in [-0.05, 0) is 36.7 Å². The van der Waals surface area contributed by atoms with E-state index in [4.69, 9.17) is 10.5 Å². The molecule has 0 radical (unpaired) electrons. The summed E-state index contributed by atoms with van der Waals surface area (Å²) in [5.74, 6) is 0.252. The molecule has 0 fully saturated rings. The molecule has 0 unspecified atom stereocenters. The first-order chi connectivity index (χ1) is 8.29. The quantitative estimate of drug-likeness (QED) is 0.798. The predicted molar refractivity (Wildman–Crippen MR) is 69.1 cm³/mol. The van der Waals surface area contributed by atoms with Gasteiger partial charge in [-0.15, -0.1) is 4.68 Å². The van der Waals surface area contributed by atoms with Crippen LogP contribution in [0.4, 0.5) is 10.6 Å². The average Bonchev–Trinajstić information content (AvgIpc) is 2.55. The van der Waals surface area contributed by atoms with Crippen molar-refractivity contribution in [1.82, 2.24) is 19.7 Å². The van der Waals surface area contributed by atoms with E-state index in [1.165, 1.54) is 6.33 Å². The number of carbonyl (C=O) groups excluding carboxylic acids is 1. The molecule has 0 saturated carbocycles. The number of rotatable bonds is 0. The van der Waals surface area contributed by atoms with Crippen LogP contribution in [-0.2, 0) is 4.74 Å². The van der Waals surface area contributed by atoms with Crippen LogP contribution in [0.3, 0.4) is 0 Å². The molecule has 96 valence electrons. The van der Waals surface area contributed by atoms with Crippen LogP contribution in [0, 0.1) is 0 Å². The minimum absolute atomic E-state index is 0.252. The third-order valence-electron chi connectivity index (χ3n) is 2.02. The van der Waals surface area contributed by atoms with Crippen molar-refractivity contribution in [2.75, 3.05) is 5.73 Å². The maximum atomic E-state index is 12.0. The van der Waals surface area contributed by atoms with Crippen LogP contribution in [0.15, 0.2) is 10.9 Å². The summed E-state index contributed by atoms with van der Waals surface area (Å²) in [5.41, 5.74) is 5.41. The largest absolute Gasteiger partial charge is 0.442 e. The van der Waals surface area contributed by atoms with Crippen LogP contribution < -0.4 is 5.73 Å². The fraction of sp³-hybridized carbons (Fsp3) is 0.400. The molecule has 0 bridgehead atoms. The van der Waals surface area contributed by atoms with Crippen LogP contribution in [0.2, 0.25) is 0 Å². The van der Waals surface area contributed by atoms with E-state index in [-0.39, 0.29) is 5.82 Å². The van der Waals surface area contributed by atoms with E-state index in [2.05, 4.69) is 31.0 Å². The van der Waals surface area contributed by atoms with Gasteiger partial charge in [-0.3, -0.25) is 0 Å². The van der Waals surface area contributed by atoms with Crippen molar-refractivity contribution in [2.24, 2.45) is 0 Å². The Kier molecular flexibility index (Phi) is 2.97. The second kappa shape index (κ2) is 4.20. The standard InChI is InChI=1S/C10H12BrN5O2/c1-10(2,3)18-9(17)16-8-5(6(11)15-16)7(12)13-4-14-8/h4H,1-3H3,(H2,12,13,14). The summed E-state index contributed by atoms with van der Waals surface area (Å²) in [6.07, 6.45) is 0.656. The van der Waals surface area contributed by atoms with Gasteiger partial charge in [0.05, 0.1) is 5.39 Å². The molecule has 0 amide bonds. The van der Waals surface area contributed by atoms with E-state index >= 15 is 0 Å². The average molecular weight is 314 g/mol. The van der Waals surface area contributed by atoms with Gasteiger partial charge in [0.25, 0.3) is 0 Å². The van der Waals surface area contributed by atoms with Gasteiger partial charge in [0, 0.05) is 0 Å². The zero-order chi connectivity index (χ0) is 13.5. The number of hydrogen-bond acceptors (Lipinski definition) is 6. The minimum Gasteiger partial charge on any atom is -0.442 e. The molecular formula is C10H12BrN5O2. The third kappa shape index (κ3) is 2.28. The normalized spacial score (nSPS) is 11.8. The summed E-state index contributed by atoms with van der Waals surface area (Å²) in [6, 6.07) is 0. The first-order valence-corrected chi connectivity index (χ1v) is 5.97. The lowest BCUT2D eigenvalue weighted by Gasteiger charge is -2.18. The molecule has 8 heteroatoms. The Bertz CT molecular complexity index is 616. The first kappa shape index (κ1) is 12.7. The van der Waals surface area contributed by atoms with E-state index in [0.29, 0.717) is 15.6 Å². The molecule has 18 heavy (non-hydrogen) atoms. The fourth-order valence-electron chi connectivity index (χ4n) is 1.37. The molecule has 0 aliphatic carbocycles. The Hall–Kier alpha value is -1.70. The number of halogens is 1. The number of anilines is 1. The lowest BCUT2D eigenvalue weighted by Crippen LogP contribution is -2.27. The Balaban J connectivity index is 2.53. The van der Waals surface area contributed by atoms with Gasteiger partial charge < -0.3 is 10.5 Å². The molecule has 2 aromatic rings. The number of nitrogen functional groups attached to an aromatic ring is 1. The molecule has 2 aromatic heterocycles. The van der Waals surface area contributed by atoms with Crippen LogP contribution >= 0.6 is 15.9 Å². The second-order valence-electron chi connectivity index (χ2n) is 4.64. The highest BCUT2D eigenvalue weighted by Crippen LogP contribution is 2.25. The van der Waals surface area contributed by atoms with E-state index in [9.17, 15) is 4.79 Å². The number of nitrogens with two attached hydrogens (primary N) is 1. The summed E-state index contributed by atoms with van der Waals surface area (Å²) in [4.78, 5) is 19.8. The number of fused-ring (bicyclic) bond motifs is 1. The topological polar surface area (TPSA) is 95.9 Å². The number of nitrogens with zero attached hydrogens (tertiary/aromatic N) is 4. The van der Waals surface area contributed by atoms with Crippen LogP contribution in [-0.4, -0.2) is 31.4 Å². The Labute approximate surface area is 111 Å².